The lowest BCUT2D eigenvalue weighted by Crippen LogP contribution is -2.40. The normalized spacial score (nSPS) is 19.1. The van der Waals surface area contributed by atoms with Crippen LogP contribution in [0, 0.1) is 13.7 Å². The maximum Gasteiger partial charge on any atom is 0.270 e. The molecule has 5 nitrogen and oxygen atoms in total. The fourth-order valence-corrected chi connectivity index (χ4v) is 3.38. The molecule has 114 valence electrons. The summed E-state index contributed by atoms with van der Waals surface area (Å²) in [6, 6.07) is 4.74. The van der Waals surface area contributed by atoms with Gasteiger partial charge < -0.3 is 4.90 Å². The van der Waals surface area contributed by atoms with Gasteiger partial charge in [-0.15, -0.1) is 0 Å². The molecule has 1 saturated heterocycles. The van der Waals surface area contributed by atoms with Gasteiger partial charge in [0.25, 0.3) is 11.6 Å². The molecule has 21 heavy (non-hydrogen) atoms. The average molecular weight is 402 g/mol. The molecule has 1 aliphatic rings. The number of likely N-dealkylation sites (tertiary alicyclic amines) is 1. The number of nitro groups is 1. The van der Waals surface area contributed by atoms with E-state index in [0.29, 0.717) is 5.56 Å². The summed E-state index contributed by atoms with van der Waals surface area (Å²) in [5, 5.41) is 10.9. The van der Waals surface area contributed by atoms with Crippen molar-refractivity contribution in [1.29, 1.82) is 0 Å². The molecule has 1 amide bonds. The van der Waals surface area contributed by atoms with Crippen molar-refractivity contribution < 1.29 is 9.72 Å². The predicted octanol–water partition coefficient (Wildman–Crippen LogP) is 3.99. The monoisotopic (exact) mass is 402 g/mol. The molecule has 0 N–H and O–H groups in total. The van der Waals surface area contributed by atoms with Gasteiger partial charge in [-0.1, -0.05) is 19.8 Å². The third-order valence-electron chi connectivity index (χ3n) is 4.00. The third-order valence-corrected chi connectivity index (χ3v) is 4.94. The van der Waals surface area contributed by atoms with Gasteiger partial charge in [0.1, 0.15) is 0 Å². The predicted molar refractivity (Wildman–Crippen MR) is 89.4 cm³/mol. The largest absolute Gasteiger partial charge is 0.336 e. The first kappa shape index (κ1) is 16.2. The van der Waals surface area contributed by atoms with E-state index in [-0.39, 0.29) is 17.6 Å². The van der Waals surface area contributed by atoms with E-state index in [1.54, 1.807) is 6.07 Å². The zero-order chi connectivity index (χ0) is 15.4. The number of hydrogen-bond donors (Lipinski definition) is 0. The van der Waals surface area contributed by atoms with Crippen LogP contribution in [0.5, 0.6) is 0 Å². The van der Waals surface area contributed by atoms with E-state index >= 15 is 0 Å². The molecule has 0 spiro atoms. The highest BCUT2D eigenvalue weighted by Crippen LogP contribution is 2.25. The number of nitro benzene ring substituents is 1. The standard InChI is InChI=1S/C15H19IN2O3/c1-2-11-6-4-3-5-9-17(11)15(19)13-10-12(18(20)21)7-8-14(13)16/h7-8,10-11H,2-6,9H2,1H3. The van der Waals surface area contributed by atoms with Gasteiger partial charge in [-0.3, -0.25) is 14.9 Å². The second-order valence-electron chi connectivity index (χ2n) is 5.33. The van der Waals surface area contributed by atoms with E-state index in [9.17, 15) is 14.9 Å². The Morgan fingerprint density at radius 1 is 1.43 bits per heavy atom. The molecule has 0 radical (unpaired) electrons. The minimum Gasteiger partial charge on any atom is -0.336 e. The van der Waals surface area contributed by atoms with Crippen LogP contribution in [0.15, 0.2) is 18.2 Å². The van der Waals surface area contributed by atoms with Gasteiger partial charge in [-0.25, -0.2) is 0 Å². The highest BCUT2D eigenvalue weighted by atomic mass is 127. The van der Waals surface area contributed by atoms with Crippen LogP contribution in [0.3, 0.4) is 0 Å². The zero-order valence-electron chi connectivity index (χ0n) is 12.0. The smallest absolute Gasteiger partial charge is 0.270 e. The molecular weight excluding hydrogens is 383 g/mol. The molecule has 0 saturated carbocycles. The van der Waals surface area contributed by atoms with Crippen molar-refractivity contribution >= 4 is 34.2 Å². The molecule has 1 unspecified atom stereocenters. The summed E-state index contributed by atoms with van der Waals surface area (Å²) in [5.74, 6) is -0.0724. The van der Waals surface area contributed by atoms with Crippen molar-refractivity contribution in [2.75, 3.05) is 6.54 Å². The number of benzene rings is 1. The maximum absolute atomic E-state index is 12.8. The minimum atomic E-state index is -0.452. The number of hydrogen-bond acceptors (Lipinski definition) is 3. The second-order valence-corrected chi connectivity index (χ2v) is 6.49. The number of non-ortho nitro benzene ring substituents is 1. The van der Waals surface area contributed by atoms with Gasteiger partial charge in [0.2, 0.25) is 0 Å². The van der Waals surface area contributed by atoms with Gasteiger partial charge in [0, 0.05) is 28.3 Å². The van der Waals surface area contributed by atoms with Gasteiger partial charge in [0.15, 0.2) is 0 Å². The molecule has 1 aromatic carbocycles. The van der Waals surface area contributed by atoms with Crippen LogP contribution in [0.4, 0.5) is 5.69 Å². The Bertz CT molecular complexity index is 548. The first-order valence-electron chi connectivity index (χ1n) is 7.29. The first-order valence-corrected chi connectivity index (χ1v) is 8.37. The Morgan fingerprint density at radius 2 is 2.19 bits per heavy atom. The van der Waals surface area contributed by atoms with Crippen LogP contribution in [-0.2, 0) is 0 Å². The molecule has 0 bridgehead atoms. The van der Waals surface area contributed by atoms with Crippen LogP contribution in [0.25, 0.3) is 0 Å². The zero-order valence-corrected chi connectivity index (χ0v) is 14.2. The Hall–Kier alpha value is -1.18. The Morgan fingerprint density at radius 3 is 2.86 bits per heavy atom. The minimum absolute atomic E-state index is 0.0263. The first-order chi connectivity index (χ1) is 10.0. The van der Waals surface area contributed by atoms with E-state index in [4.69, 9.17) is 0 Å². The van der Waals surface area contributed by atoms with Gasteiger partial charge in [-0.05, 0) is 47.9 Å². The van der Waals surface area contributed by atoms with E-state index in [0.717, 1.165) is 42.2 Å². The van der Waals surface area contributed by atoms with Gasteiger partial charge in [0.05, 0.1) is 10.5 Å². The molecule has 2 rings (SSSR count). The van der Waals surface area contributed by atoms with Gasteiger partial charge in [-0.2, -0.15) is 0 Å². The highest BCUT2D eigenvalue weighted by Gasteiger charge is 2.27. The SMILES string of the molecule is CCC1CCCCCN1C(=O)c1cc([N+](=O)[O-])ccc1I. The van der Waals surface area contributed by atoms with E-state index in [2.05, 4.69) is 29.5 Å². The number of carbonyl (C=O) groups excluding carboxylic acids is 1. The summed E-state index contributed by atoms with van der Waals surface area (Å²) in [5.41, 5.74) is 0.423. The molecule has 0 aliphatic carbocycles. The third kappa shape index (κ3) is 3.72. The molecule has 1 aliphatic heterocycles. The van der Waals surface area contributed by atoms with Crippen molar-refractivity contribution in [1.82, 2.24) is 4.90 Å². The van der Waals surface area contributed by atoms with Crippen LogP contribution >= 0.6 is 22.6 Å². The van der Waals surface area contributed by atoms with Crippen molar-refractivity contribution in [3.05, 3.63) is 37.4 Å². The molecule has 0 aromatic heterocycles. The Kier molecular flexibility index (Phi) is 5.55. The lowest BCUT2D eigenvalue weighted by Gasteiger charge is -2.29. The summed E-state index contributed by atoms with van der Waals surface area (Å²) in [6.45, 7) is 2.84. The van der Waals surface area contributed by atoms with Crippen LogP contribution < -0.4 is 0 Å². The highest BCUT2D eigenvalue weighted by molar-refractivity contribution is 14.1. The van der Waals surface area contributed by atoms with E-state index < -0.39 is 4.92 Å². The fourth-order valence-electron chi connectivity index (χ4n) is 2.81. The fraction of sp³-hybridized carbons (Fsp3) is 0.533. The second kappa shape index (κ2) is 7.20. The molecule has 1 fully saturated rings. The molecule has 1 aromatic rings. The van der Waals surface area contributed by atoms with E-state index in [1.165, 1.54) is 12.1 Å². The summed E-state index contributed by atoms with van der Waals surface area (Å²) >= 11 is 2.07. The van der Waals surface area contributed by atoms with Crippen LogP contribution in [0.2, 0.25) is 0 Å². The quantitative estimate of drug-likeness (QED) is 0.436. The molecule has 1 heterocycles. The summed E-state index contributed by atoms with van der Waals surface area (Å²) in [4.78, 5) is 25.2. The maximum atomic E-state index is 12.8. The van der Waals surface area contributed by atoms with Crippen molar-refractivity contribution in [2.24, 2.45) is 0 Å². The Balaban J connectivity index is 2.33. The summed E-state index contributed by atoms with van der Waals surface area (Å²) in [6.07, 6.45) is 5.25. The summed E-state index contributed by atoms with van der Waals surface area (Å²) in [7, 11) is 0. The lowest BCUT2D eigenvalue weighted by molar-refractivity contribution is -0.384. The van der Waals surface area contributed by atoms with Crippen molar-refractivity contribution in [3.63, 3.8) is 0 Å². The molecule has 1 atom stereocenters. The van der Waals surface area contributed by atoms with Gasteiger partial charge >= 0.3 is 0 Å². The molecular formula is C15H19IN2O3. The lowest BCUT2D eigenvalue weighted by atomic mass is 10.1. The van der Waals surface area contributed by atoms with Crippen LogP contribution in [0.1, 0.15) is 49.4 Å². The molecule has 6 heteroatoms. The number of halogens is 1. The van der Waals surface area contributed by atoms with E-state index in [1.807, 2.05) is 4.90 Å². The van der Waals surface area contributed by atoms with Crippen molar-refractivity contribution in [2.45, 2.75) is 45.1 Å². The van der Waals surface area contributed by atoms with Crippen LogP contribution in [-0.4, -0.2) is 28.3 Å². The van der Waals surface area contributed by atoms with Crippen molar-refractivity contribution in [3.8, 4) is 0 Å². The number of amides is 1. The summed E-state index contributed by atoms with van der Waals surface area (Å²) < 4.78 is 0.766. The average Bonchev–Trinajstić information content (AvgIpc) is 2.71. The Labute approximate surface area is 138 Å². The number of nitrogens with zero attached hydrogens (tertiary/aromatic N) is 2. The number of carbonyl (C=O) groups is 1. The number of rotatable bonds is 3. The topological polar surface area (TPSA) is 63.5 Å².